The Bertz CT molecular complexity index is 1820. The highest BCUT2D eigenvalue weighted by atomic mass is 32.2. The minimum atomic E-state index is -4.17. The molecule has 0 saturated heterocycles. The molecule has 1 atom stereocenters. The zero-order valence-corrected chi connectivity index (χ0v) is 29.0. The maximum Gasteiger partial charge on any atom is 0.264 e. The number of sulfonamides is 1. The summed E-state index contributed by atoms with van der Waals surface area (Å²) in [4.78, 5) is 30.6. The van der Waals surface area contributed by atoms with Gasteiger partial charge < -0.3 is 15.0 Å². The number of aryl methyl sites for hydroxylation is 3. The van der Waals surface area contributed by atoms with Crippen LogP contribution in [0.4, 0.5) is 5.69 Å². The van der Waals surface area contributed by atoms with Crippen LogP contribution in [0.2, 0.25) is 0 Å². The van der Waals surface area contributed by atoms with E-state index in [0.29, 0.717) is 11.4 Å². The molecule has 0 radical (unpaired) electrons. The predicted molar refractivity (Wildman–Crippen MR) is 190 cm³/mol. The summed E-state index contributed by atoms with van der Waals surface area (Å²) in [5, 5.41) is 3.21. The molecule has 0 heterocycles. The Kier molecular flexibility index (Phi) is 11.2. The number of anilines is 1. The standard InChI is InChI=1S/C39H45N3O5S/c1-28-17-21-36(22-18-28)48(45,46)42(34-20-19-29(2)30(3)23-34)27-38(43)41(26-32-13-10-16-35(24-32)47-4)37(25-31-11-6-5-7-12-31)39(44)40-33-14-8-9-15-33/h5-7,10-13,16-24,33,37H,8-9,14-15,25-27H2,1-4H3,(H,40,44). The lowest BCUT2D eigenvalue weighted by atomic mass is 10.0. The summed E-state index contributed by atoms with van der Waals surface area (Å²) >= 11 is 0. The average Bonchev–Trinajstić information content (AvgIpc) is 3.60. The molecule has 1 aliphatic rings. The Morgan fingerprint density at radius 1 is 0.833 bits per heavy atom. The number of ether oxygens (including phenoxy) is 1. The summed E-state index contributed by atoms with van der Waals surface area (Å²) in [7, 11) is -2.59. The van der Waals surface area contributed by atoms with Crippen molar-refractivity contribution in [1.82, 2.24) is 10.2 Å². The maximum absolute atomic E-state index is 14.8. The van der Waals surface area contributed by atoms with Gasteiger partial charge in [-0.15, -0.1) is 0 Å². The molecule has 4 aromatic carbocycles. The lowest BCUT2D eigenvalue weighted by molar-refractivity contribution is -0.140. The van der Waals surface area contributed by atoms with E-state index in [1.807, 2.05) is 81.4 Å². The number of nitrogens with zero attached hydrogens (tertiary/aromatic N) is 2. The molecule has 0 spiro atoms. The third-order valence-corrected chi connectivity index (χ3v) is 10.9. The summed E-state index contributed by atoms with van der Waals surface area (Å²) in [5.74, 6) is -0.121. The number of amides is 2. The zero-order valence-electron chi connectivity index (χ0n) is 28.2. The molecule has 48 heavy (non-hydrogen) atoms. The van der Waals surface area contributed by atoms with Gasteiger partial charge in [0.1, 0.15) is 18.3 Å². The molecule has 1 saturated carbocycles. The first-order valence-corrected chi connectivity index (χ1v) is 17.9. The molecule has 1 unspecified atom stereocenters. The minimum absolute atomic E-state index is 0.0403. The molecule has 252 valence electrons. The van der Waals surface area contributed by atoms with Gasteiger partial charge in [0.25, 0.3) is 10.0 Å². The van der Waals surface area contributed by atoms with E-state index in [4.69, 9.17) is 4.74 Å². The van der Waals surface area contributed by atoms with Gasteiger partial charge in [-0.25, -0.2) is 8.42 Å². The topological polar surface area (TPSA) is 96.0 Å². The lowest BCUT2D eigenvalue weighted by Crippen LogP contribution is -2.54. The van der Waals surface area contributed by atoms with Gasteiger partial charge in [-0.05, 0) is 92.3 Å². The molecule has 0 bridgehead atoms. The molecule has 0 aliphatic heterocycles. The number of hydrogen-bond donors (Lipinski definition) is 1. The molecular formula is C39H45N3O5S. The summed E-state index contributed by atoms with van der Waals surface area (Å²) in [5.41, 5.74) is 4.85. The first-order chi connectivity index (χ1) is 23.0. The van der Waals surface area contributed by atoms with Crippen LogP contribution in [-0.2, 0) is 32.6 Å². The van der Waals surface area contributed by atoms with E-state index in [1.165, 1.54) is 9.21 Å². The summed E-state index contributed by atoms with van der Waals surface area (Å²) < 4.78 is 35.3. The first kappa shape index (κ1) is 34.7. The molecule has 9 heteroatoms. The van der Waals surface area contributed by atoms with Crippen molar-refractivity contribution >= 4 is 27.5 Å². The number of carbonyl (C=O) groups is 2. The van der Waals surface area contributed by atoms with Crippen molar-refractivity contribution in [2.75, 3.05) is 18.0 Å². The summed E-state index contributed by atoms with van der Waals surface area (Å²) in [6, 6.07) is 28.1. The first-order valence-electron chi connectivity index (χ1n) is 16.5. The van der Waals surface area contributed by atoms with Gasteiger partial charge in [0.05, 0.1) is 17.7 Å². The van der Waals surface area contributed by atoms with Crippen LogP contribution >= 0.6 is 0 Å². The third-order valence-electron chi connectivity index (χ3n) is 9.13. The van der Waals surface area contributed by atoms with Crippen LogP contribution in [0, 0.1) is 20.8 Å². The van der Waals surface area contributed by atoms with Gasteiger partial charge in [0.15, 0.2) is 0 Å². The zero-order chi connectivity index (χ0) is 34.3. The van der Waals surface area contributed by atoms with Crippen molar-refractivity contribution in [2.24, 2.45) is 0 Å². The van der Waals surface area contributed by atoms with Gasteiger partial charge in [-0.2, -0.15) is 0 Å². The summed E-state index contributed by atoms with van der Waals surface area (Å²) in [6.07, 6.45) is 4.14. The highest BCUT2D eigenvalue weighted by Crippen LogP contribution is 2.28. The SMILES string of the molecule is COc1cccc(CN(C(=O)CN(c2ccc(C)c(C)c2)S(=O)(=O)c2ccc(C)cc2)C(Cc2ccccc2)C(=O)NC2CCCC2)c1. The molecular weight excluding hydrogens is 623 g/mol. The van der Waals surface area contributed by atoms with Gasteiger partial charge in [-0.3, -0.25) is 13.9 Å². The van der Waals surface area contributed by atoms with Crippen LogP contribution in [0.15, 0.2) is 102 Å². The molecule has 2 amide bonds. The smallest absolute Gasteiger partial charge is 0.264 e. The number of rotatable bonds is 13. The van der Waals surface area contributed by atoms with Crippen LogP contribution in [0.1, 0.15) is 53.5 Å². The van der Waals surface area contributed by atoms with Crippen molar-refractivity contribution in [2.45, 2.75) is 76.4 Å². The van der Waals surface area contributed by atoms with E-state index < -0.39 is 28.5 Å². The largest absolute Gasteiger partial charge is 0.497 e. The normalized spacial score (nSPS) is 13.9. The second kappa shape index (κ2) is 15.5. The predicted octanol–water partition coefficient (Wildman–Crippen LogP) is 6.51. The van der Waals surface area contributed by atoms with E-state index in [2.05, 4.69) is 5.32 Å². The Labute approximate surface area is 284 Å². The van der Waals surface area contributed by atoms with Gasteiger partial charge in [-0.1, -0.05) is 79.1 Å². The maximum atomic E-state index is 14.8. The Morgan fingerprint density at radius 2 is 1.52 bits per heavy atom. The van der Waals surface area contributed by atoms with E-state index in [1.54, 1.807) is 43.5 Å². The fraction of sp³-hybridized carbons (Fsp3) is 0.333. The summed E-state index contributed by atoms with van der Waals surface area (Å²) in [6.45, 7) is 5.34. The fourth-order valence-electron chi connectivity index (χ4n) is 6.14. The molecule has 1 aliphatic carbocycles. The van der Waals surface area contributed by atoms with Crippen molar-refractivity contribution in [3.63, 3.8) is 0 Å². The van der Waals surface area contributed by atoms with Crippen LogP contribution in [0.5, 0.6) is 5.75 Å². The Balaban J connectivity index is 1.59. The number of hydrogen-bond acceptors (Lipinski definition) is 5. The van der Waals surface area contributed by atoms with Crippen LogP contribution in [0.25, 0.3) is 0 Å². The van der Waals surface area contributed by atoms with Crippen LogP contribution in [-0.4, -0.2) is 50.9 Å². The van der Waals surface area contributed by atoms with Crippen molar-refractivity contribution in [1.29, 1.82) is 0 Å². The molecule has 4 aromatic rings. The Morgan fingerprint density at radius 3 is 2.19 bits per heavy atom. The van der Waals surface area contributed by atoms with E-state index >= 15 is 0 Å². The second-order valence-electron chi connectivity index (χ2n) is 12.7. The van der Waals surface area contributed by atoms with E-state index in [9.17, 15) is 18.0 Å². The van der Waals surface area contributed by atoms with Crippen molar-refractivity contribution < 1.29 is 22.7 Å². The van der Waals surface area contributed by atoms with Crippen molar-refractivity contribution in [3.05, 3.63) is 125 Å². The lowest BCUT2D eigenvalue weighted by Gasteiger charge is -2.34. The van der Waals surface area contributed by atoms with E-state index in [0.717, 1.165) is 53.5 Å². The number of benzene rings is 4. The molecule has 8 nitrogen and oxygen atoms in total. The fourth-order valence-corrected chi connectivity index (χ4v) is 7.54. The highest BCUT2D eigenvalue weighted by molar-refractivity contribution is 7.92. The van der Waals surface area contributed by atoms with Gasteiger partial charge >= 0.3 is 0 Å². The Hall–Kier alpha value is -4.63. The quantitative estimate of drug-likeness (QED) is 0.175. The molecule has 0 aromatic heterocycles. The van der Waals surface area contributed by atoms with Gasteiger partial charge in [0, 0.05) is 19.0 Å². The molecule has 1 N–H and O–H groups in total. The van der Waals surface area contributed by atoms with E-state index in [-0.39, 0.29) is 29.8 Å². The van der Waals surface area contributed by atoms with Crippen LogP contribution in [0.3, 0.4) is 0 Å². The minimum Gasteiger partial charge on any atom is -0.497 e. The third kappa shape index (κ3) is 8.44. The monoisotopic (exact) mass is 667 g/mol. The number of nitrogens with one attached hydrogen (secondary N) is 1. The second-order valence-corrected chi connectivity index (χ2v) is 14.5. The van der Waals surface area contributed by atoms with Gasteiger partial charge in [0.2, 0.25) is 11.8 Å². The highest BCUT2D eigenvalue weighted by Gasteiger charge is 2.35. The molecule has 1 fully saturated rings. The van der Waals surface area contributed by atoms with Crippen molar-refractivity contribution in [3.8, 4) is 5.75 Å². The average molecular weight is 668 g/mol. The number of methoxy groups -OCH3 is 1. The van der Waals surface area contributed by atoms with Crippen LogP contribution < -0.4 is 14.4 Å². The number of carbonyl (C=O) groups excluding carboxylic acids is 2. The molecule has 5 rings (SSSR count).